The normalized spacial score (nSPS) is 12.7. The van der Waals surface area contributed by atoms with E-state index in [9.17, 15) is 9.90 Å². The van der Waals surface area contributed by atoms with Crippen molar-refractivity contribution < 1.29 is 19.4 Å². The number of anilines is 1. The molecular formula is C21H17NO4. The van der Waals surface area contributed by atoms with Gasteiger partial charge in [0, 0.05) is 11.8 Å². The van der Waals surface area contributed by atoms with Crippen LogP contribution >= 0.6 is 0 Å². The molecule has 26 heavy (non-hydrogen) atoms. The fraction of sp³-hybridized carbons (Fsp3) is 0.0952. The summed E-state index contributed by atoms with van der Waals surface area (Å²) in [6.45, 7) is 0.157. The molecule has 0 radical (unpaired) electrons. The van der Waals surface area contributed by atoms with Crippen molar-refractivity contribution in [1.82, 2.24) is 0 Å². The molecule has 1 heterocycles. The standard InChI is InChI=1S/C21H17NO4/c23-20(22-17-11-12-18-19(13-17)26-14-25-18)21(24,15-7-3-1-4-8-15)16-9-5-2-6-10-16/h1-13,24H,14H2,(H,22,23). The number of benzene rings is 3. The zero-order chi connectivity index (χ0) is 18.0. The molecule has 130 valence electrons. The van der Waals surface area contributed by atoms with Crippen LogP contribution in [0.4, 0.5) is 5.69 Å². The highest BCUT2D eigenvalue weighted by Gasteiger charge is 2.40. The van der Waals surface area contributed by atoms with Crippen molar-refractivity contribution in [1.29, 1.82) is 0 Å². The van der Waals surface area contributed by atoms with E-state index in [0.717, 1.165) is 0 Å². The summed E-state index contributed by atoms with van der Waals surface area (Å²) < 4.78 is 10.6. The van der Waals surface area contributed by atoms with Crippen LogP contribution in [0.2, 0.25) is 0 Å². The molecule has 0 spiro atoms. The lowest BCUT2D eigenvalue weighted by Crippen LogP contribution is -2.41. The second-order valence-electron chi connectivity index (χ2n) is 5.96. The Kier molecular flexibility index (Phi) is 4.07. The molecule has 4 rings (SSSR count). The number of ether oxygens (including phenoxy) is 2. The van der Waals surface area contributed by atoms with Crippen molar-refractivity contribution in [3.05, 3.63) is 90.0 Å². The Balaban J connectivity index is 1.71. The smallest absolute Gasteiger partial charge is 0.265 e. The fourth-order valence-electron chi connectivity index (χ4n) is 2.98. The molecule has 3 aromatic carbocycles. The monoisotopic (exact) mass is 347 g/mol. The van der Waals surface area contributed by atoms with Gasteiger partial charge in [-0.2, -0.15) is 0 Å². The van der Waals surface area contributed by atoms with Crippen molar-refractivity contribution >= 4 is 11.6 Å². The maximum absolute atomic E-state index is 13.1. The maximum Gasteiger partial charge on any atom is 0.265 e. The van der Waals surface area contributed by atoms with Gasteiger partial charge in [-0.25, -0.2) is 0 Å². The van der Waals surface area contributed by atoms with Crippen molar-refractivity contribution in [3.8, 4) is 11.5 Å². The molecule has 0 fully saturated rings. The first kappa shape index (κ1) is 16.2. The van der Waals surface area contributed by atoms with Crippen molar-refractivity contribution in [2.24, 2.45) is 0 Å². The summed E-state index contributed by atoms with van der Waals surface area (Å²) in [6, 6.07) is 22.9. The van der Waals surface area contributed by atoms with E-state index in [1.165, 1.54) is 0 Å². The molecule has 5 heteroatoms. The molecule has 2 N–H and O–H groups in total. The highest BCUT2D eigenvalue weighted by atomic mass is 16.7. The van der Waals surface area contributed by atoms with Crippen molar-refractivity contribution in [2.45, 2.75) is 5.60 Å². The van der Waals surface area contributed by atoms with Gasteiger partial charge in [0.1, 0.15) is 0 Å². The van der Waals surface area contributed by atoms with Crippen molar-refractivity contribution in [2.75, 3.05) is 12.1 Å². The summed E-state index contributed by atoms with van der Waals surface area (Å²) in [4.78, 5) is 13.1. The summed E-state index contributed by atoms with van der Waals surface area (Å²) in [5, 5.41) is 14.2. The van der Waals surface area contributed by atoms with Crippen LogP contribution in [0.5, 0.6) is 11.5 Å². The summed E-state index contributed by atoms with van der Waals surface area (Å²) >= 11 is 0. The van der Waals surface area contributed by atoms with Crippen LogP contribution in [-0.4, -0.2) is 17.8 Å². The molecule has 0 aliphatic carbocycles. The van der Waals surface area contributed by atoms with E-state index in [1.807, 2.05) is 12.1 Å². The van der Waals surface area contributed by atoms with Gasteiger partial charge in [0.2, 0.25) is 6.79 Å². The SMILES string of the molecule is O=C(Nc1ccc2c(c1)OCO2)C(O)(c1ccccc1)c1ccccc1. The van der Waals surface area contributed by atoms with E-state index in [1.54, 1.807) is 66.7 Å². The minimum atomic E-state index is -1.82. The van der Waals surface area contributed by atoms with E-state index in [0.29, 0.717) is 28.3 Å². The molecule has 3 aromatic rings. The predicted molar refractivity (Wildman–Crippen MR) is 97.1 cm³/mol. The van der Waals surface area contributed by atoms with Gasteiger partial charge in [-0.15, -0.1) is 0 Å². The number of carbonyl (C=O) groups excluding carboxylic acids is 1. The quantitative estimate of drug-likeness (QED) is 0.760. The summed E-state index contributed by atoms with van der Waals surface area (Å²) in [5.74, 6) is 0.643. The third-order valence-corrected chi connectivity index (χ3v) is 4.34. The summed E-state index contributed by atoms with van der Waals surface area (Å²) in [7, 11) is 0. The molecule has 0 saturated carbocycles. The zero-order valence-electron chi connectivity index (χ0n) is 13.9. The number of carbonyl (C=O) groups is 1. The lowest BCUT2D eigenvalue weighted by Gasteiger charge is -2.28. The van der Waals surface area contributed by atoms with E-state index >= 15 is 0 Å². The van der Waals surface area contributed by atoms with E-state index in [-0.39, 0.29) is 6.79 Å². The second kappa shape index (κ2) is 6.54. The highest BCUT2D eigenvalue weighted by molar-refractivity contribution is 6.00. The van der Waals surface area contributed by atoms with Gasteiger partial charge >= 0.3 is 0 Å². The average Bonchev–Trinajstić information content (AvgIpc) is 3.16. The van der Waals surface area contributed by atoms with Crippen molar-refractivity contribution in [3.63, 3.8) is 0 Å². The zero-order valence-corrected chi connectivity index (χ0v) is 13.9. The van der Waals surface area contributed by atoms with Gasteiger partial charge in [-0.1, -0.05) is 60.7 Å². The van der Waals surface area contributed by atoms with Crippen LogP contribution in [0.15, 0.2) is 78.9 Å². The third-order valence-electron chi connectivity index (χ3n) is 4.34. The molecule has 5 nitrogen and oxygen atoms in total. The Hall–Kier alpha value is -3.31. The van der Waals surface area contributed by atoms with Crippen LogP contribution in [0.3, 0.4) is 0 Å². The molecule has 0 saturated heterocycles. The molecular weight excluding hydrogens is 330 g/mol. The summed E-state index contributed by atoms with van der Waals surface area (Å²) in [5.41, 5.74) is -0.322. The number of hydrogen-bond acceptors (Lipinski definition) is 4. The van der Waals surface area contributed by atoms with Gasteiger partial charge < -0.3 is 19.9 Å². The van der Waals surface area contributed by atoms with Gasteiger partial charge in [0.15, 0.2) is 17.1 Å². The molecule has 1 aliphatic heterocycles. The van der Waals surface area contributed by atoms with Gasteiger partial charge in [-0.3, -0.25) is 4.79 Å². The minimum absolute atomic E-state index is 0.157. The third kappa shape index (κ3) is 2.78. The number of aliphatic hydroxyl groups is 1. The van der Waals surface area contributed by atoms with E-state index in [2.05, 4.69) is 5.32 Å². The summed E-state index contributed by atoms with van der Waals surface area (Å²) in [6.07, 6.45) is 0. The maximum atomic E-state index is 13.1. The Morgan fingerprint density at radius 2 is 1.42 bits per heavy atom. The van der Waals surface area contributed by atoms with E-state index < -0.39 is 11.5 Å². The van der Waals surface area contributed by atoms with Crippen LogP contribution in [0, 0.1) is 0 Å². The Bertz CT molecular complexity index is 886. The number of rotatable bonds is 4. The molecule has 0 unspecified atom stereocenters. The lowest BCUT2D eigenvalue weighted by atomic mass is 9.85. The van der Waals surface area contributed by atoms with Crippen LogP contribution < -0.4 is 14.8 Å². The first-order chi connectivity index (χ1) is 12.7. The Labute approximate surface area is 150 Å². The van der Waals surface area contributed by atoms with Gasteiger partial charge in [0.05, 0.1) is 0 Å². The Morgan fingerprint density at radius 3 is 2.04 bits per heavy atom. The first-order valence-electron chi connectivity index (χ1n) is 8.22. The van der Waals surface area contributed by atoms with Gasteiger partial charge in [-0.05, 0) is 23.3 Å². The van der Waals surface area contributed by atoms with Gasteiger partial charge in [0.25, 0.3) is 5.91 Å². The number of amides is 1. The second-order valence-corrected chi connectivity index (χ2v) is 5.96. The first-order valence-corrected chi connectivity index (χ1v) is 8.22. The van der Waals surface area contributed by atoms with E-state index in [4.69, 9.17) is 9.47 Å². The number of nitrogens with one attached hydrogen (secondary N) is 1. The number of fused-ring (bicyclic) bond motifs is 1. The highest BCUT2D eigenvalue weighted by Crippen LogP contribution is 2.36. The lowest BCUT2D eigenvalue weighted by molar-refractivity contribution is -0.131. The minimum Gasteiger partial charge on any atom is -0.454 e. The molecule has 1 aliphatic rings. The number of hydrogen-bond donors (Lipinski definition) is 2. The molecule has 0 bridgehead atoms. The fourth-order valence-corrected chi connectivity index (χ4v) is 2.98. The molecule has 1 amide bonds. The molecule has 0 atom stereocenters. The van der Waals surface area contributed by atoms with Crippen LogP contribution in [0.25, 0.3) is 0 Å². The largest absolute Gasteiger partial charge is 0.454 e. The topological polar surface area (TPSA) is 67.8 Å². The Morgan fingerprint density at radius 1 is 0.846 bits per heavy atom. The van der Waals surface area contributed by atoms with Crippen LogP contribution in [-0.2, 0) is 10.4 Å². The average molecular weight is 347 g/mol. The molecule has 0 aromatic heterocycles. The predicted octanol–water partition coefficient (Wildman–Crippen LogP) is 3.29. The van der Waals surface area contributed by atoms with Crippen LogP contribution in [0.1, 0.15) is 11.1 Å².